The summed E-state index contributed by atoms with van der Waals surface area (Å²) >= 11 is 5.34. The van der Waals surface area contributed by atoms with Crippen LogP contribution in [0.3, 0.4) is 0 Å². The standard InChI is InChI=1S/C16H14N2O5.C16H16N2O3.C10H10ClFN2O4.C10H9FN2O4.C6H6O.C4H8O.CH4/c19-16-11-22-9-8-17(16)12-6-7-14(18(20)21)15(10-12)23-13-4-2-1-3-5-13;17-14-7-6-12(18-8-9-20-11-16(18)19)10-15(14)21-13-4-2-1-3-5-13;11-3-4-18-6-10(15)13-7-1-2-9(14(16)17)8(12)5-7;11-8-5-7(1-2-9(8)13(15)16)12-3-4-17-6-10(12)14;7-6-4-2-1-3-5-6;1-2-4-5-3-1;/h1-7,10H,8-9,11H2;1-7,10H,8-9,11,17H2;1-2,5H,3-4,6H2,(H,13,15);1-2,5H,3-4,6H2;1-5,7H;1-4H2;1H4. The van der Waals surface area contributed by atoms with Crippen molar-refractivity contribution < 1.29 is 81.0 Å². The number of nitrogens with one attached hydrogen (secondary N) is 1. The molecule has 4 heterocycles. The molecule has 0 bridgehead atoms. The number of halogens is 3. The number of phenolic OH excluding ortho intramolecular Hbond substituents is 1. The van der Waals surface area contributed by atoms with Gasteiger partial charge in [0.25, 0.3) is 17.7 Å². The Balaban J connectivity index is 0.000000209. The number of nitrogen functional groups attached to an aromatic ring is 1. The Kier molecular flexibility index (Phi) is 30.2. The van der Waals surface area contributed by atoms with E-state index in [1.807, 2.05) is 48.5 Å². The molecule has 4 saturated heterocycles. The zero-order valence-electron chi connectivity index (χ0n) is 48.7. The Hall–Kier alpha value is -10.2. The zero-order chi connectivity index (χ0) is 65.5. The van der Waals surface area contributed by atoms with E-state index in [0.29, 0.717) is 79.5 Å². The summed E-state index contributed by atoms with van der Waals surface area (Å²) in [6.45, 7) is 4.65. The fourth-order valence-corrected chi connectivity index (χ4v) is 8.30. The molecule has 4 fully saturated rings. The summed E-state index contributed by atoms with van der Waals surface area (Å²) in [7, 11) is 0. The highest BCUT2D eigenvalue weighted by Gasteiger charge is 2.26. The Bertz CT molecular complexity index is 3540. The number of carbonyl (C=O) groups is 4. The second-order valence-corrected chi connectivity index (χ2v) is 19.4. The van der Waals surface area contributed by atoms with Crippen molar-refractivity contribution in [3.63, 3.8) is 0 Å². The van der Waals surface area contributed by atoms with Crippen molar-refractivity contribution in [2.45, 2.75) is 20.3 Å². The molecule has 4 amide bonds. The van der Waals surface area contributed by atoms with E-state index in [9.17, 15) is 58.3 Å². The molecule has 92 heavy (non-hydrogen) atoms. The molecular weight excluding hydrogens is 1230 g/mol. The van der Waals surface area contributed by atoms with Gasteiger partial charge in [-0.15, -0.1) is 11.6 Å². The number of rotatable bonds is 15. The predicted octanol–water partition coefficient (Wildman–Crippen LogP) is 11.0. The molecule has 7 aromatic rings. The van der Waals surface area contributed by atoms with E-state index < -0.39 is 43.7 Å². The summed E-state index contributed by atoms with van der Waals surface area (Å²) in [4.78, 5) is 80.9. The Labute approximate surface area is 531 Å². The van der Waals surface area contributed by atoms with Crippen molar-refractivity contribution in [1.82, 2.24) is 0 Å². The Morgan fingerprint density at radius 3 is 1.37 bits per heavy atom. The van der Waals surface area contributed by atoms with Crippen LogP contribution >= 0.6 is 11.6 Å². The number of amides is 4. The molecule has 4 N–H and O–H groups in total. The molecule has 7 aromatic carbocycles. The number of nitro benzene ring substituents is 3. The van der Waals surface area contributed by atoms with Gasteiger partial charge in [-0.1, -0.05) is 62.0 Å². The molecule has 0 saturated carbocycles. The lowest BCUT2D eigenvalue weighted by atomic mass is 10.2. The van der Waals surface area contributed by atoms with Crippen molar-refractivity contribution in [3.8, 4) is 28.7 Å². The monoisotopic (exact) mass is 1300 g/mol. The lowest BCUT2D eigenvalue weighted by molar-refractivity contribution is -0.387. The van der Waals surface area contributed by atoms with Gasteiger partial charge in [0.1, 0.15) is 43.7 Å². The van der Waals surface area contributed by atoms with Gasteiger partial charge in [0.15, 0.2) is 5.75 Å². The number of aromatic hydroxyl groups is 1. The van der Waals surface area contributed by atoms with Gasteiger partial charge in [0.2, 0.25) is 23.3 Å². The highest BCUT2D eigenvalue weighted by Crippen LogP contribution is 2.36. The molecule has 0 radical (unpaired) electrons. The van der Waals surface area contributed by atoms with Crippen molar-refractivity contribution >= 4 is 80.7 Å². The minimum atomic E-state index is -1.01. The van der Waals surface area contributed by atoms with E-state index >= 15 is 0 Å². The van der Waals surface area contributed by atoms with Crippen molar-refractivity contribution in [3.05, 3.63) is 206 Å². The van der Waals surface area contributed by atoms with Gasteiger partial charge in [-0.2, -0.15) is 8.78 Å². The summed E-state index contributed by atoms with van der Waals surface area (Å²) < 4.78 is 63.0. The van der Waals surface area contributed by atoms with Crippen molar-refractivity contribution in [1.29, 1.82) is 0 Å². The zero-order valence-corrected chi connectivity index (χ0v) is 49.4. The molecule has 488 valence electrons. The van der Waals surface area contributed by atoms with Crippen molar-refractivity contribution in [2.75, 3.05) is 117 Å². The average Bonchev–Trinajstić information content (AvgIpc) is 0.930. The predicted molar refractivity (Wildman–Crippen MR) is 338 cm³/mol. The van der Waals surface area contributed by atoms with Crippen LogP contribution in [0.15, 0.2) is 164 Å². The first-order valence-corrected chi connectivity index (χ1v) is 28.4. The number of ether oxygens (including phenoxy) is 7. The molecule has 0 atom stereocenters. The van der Waals surface area contributed by atoms with Crippen LogP contribution in [0.4, 0.5) is 54.3 Å². The highest BCUT2D eigenvalue weighted by molar-refractivity contribution is 6.18. The number of hydrogen-bond donors (Lipinski definition) is 3. The first kappa shape index (κ1) is 72.5. The third-order valence-corrected chi connectivity index (χ3v) is 12.7. The molecule has 4 aliphatic rings. The number of nitrogens with zero attached hydrogens (tertiary/aromatic N) is 6. The van der Waals surface area contributed by atoms with Crippen LogP contribution in [0.1, 0.15) is 20.3 Å². The topological polar surface area (TPSA) is 330 Å². The third kappa shape index (κ3) is 23.6. The number of hydrogen-bond acceptors (Lipinski definition) is 19. The van der Waals surface area contributed by atoms with Crippen LogP contribution in [0.2, 0.25) is 0 Å². The summed E-state index contributed by atoms with van der Waals surface area (Å²) in [5.41, 5.74) is 6.82. The summed E-state index contributed by atoms with van der Waals surface area (Å²) in [6, 6.07) is 43.1. The van der Waals surface area contributed by atoms with E-state index in [1.54, 1.807) is 71.6 Å². The van der Waals surface area contributed by atoms with Crippen LogP contribution in [0.5, 0.6) is 28.7 Å². The summed E-state index contributed by atoms with van der Waals surface area (Å²) in [5.74, 6) is -0.579. The number of phenols is 1. The molecule has 0 spiro atoms. The number of nitrogens with two attached hydrogens (primary N) is 1. The second-order valence-electron chi connectivity index (χ2n) is 19.0. The number of nitro groups is 3. The lowest BCUT2D eigenvalue weighted by Crippen LogP contribution is -2.41. The van der Waals surface area contributed by atoms with Crippen LogP contribution < -0.4 is 35.2 Å². The molecule has 4 aliphatic heterocycles. The van der Waals surface area contributed by atoms with Gasteiger partial charge in [-0.05, 0) is 79.6 Å². The Morgan fingerprint density at radius 2 is 0.967 bits per heavy atom. The number of para-hydroxylation sites is 3. The SMILES string of the molecule is C.C1CCOC1.Nc1ccc(N2CCOCC2=O)cc1Oc1ccccc1.O=C(COCCCl)Nc1ccc([N+](=O)[O-])c(F)c1.O=C1COCCN1c1ccc([N+](=O)[O-])c(F)c1.O=C1COCCN1c1ccc([N+](=O)[O-])c(Oc2ccccc2)c1.Oc1ccccc1. The van der Waals surface area contributed by atoms with Gasteiger partial charge in [0, 0.05) is 104 Å². The quantitative estimate of drug-likeness (QED) is 0.0282. The summed E-state index contributed by atoms with van der Waals surface area (Å²) in [5, 5.41) is 43.0. The van der Waals surface area contributed by atoms with E-state index in [0.717, 1.165) is 43.2 Å². The molecule has 29 heteroatoms. The van der Waals surface area contributed by atoms with Gasteiger partial charge in [-0.25, -0.2) is 0 Å². The number of benzene rings is 7. The maximum Gasteiger partial charge on any atom is 0.311 e. The molecular formula is C63H67ClF2N8O18. The maximum atomic E-state index is 13.4. The smallest absolute Gasteiger partial charge is 0.311 e. The van der Waals surface area contributed by atoms with E-state index in [2.05, 4.69) is 5.32 Å². The molecule has 11 rings (SSSR count). The fraction of sp³-hybridized carbons (Fsp3) is 0.270. The van der Waals surface area contributed by atoms with Crippen molar-refractivity contribution in [2.24, 2.45) is 0 Å². The highest BCUT2D eigenvalue weighted by atomic mass is 35.5. The van der Waals surface area contributed by atoms with Crippen LogP contribution in [-0.4, -0.2) is 135 Å². The van der Waals surface area contributed by atoms with Gasteiger partial charge < -0.3 is 64.0 Å². The van der Waals surface area contributed by atoms with E-state index in [4.69, 9.17) is 55.6 Å². The fourth-order valence-electron chi connectivity index (χ4n) is 8.19. The maximum absolute atomic E-state index is 13.4. The van der Waals surface area contributed by atoms with Crippen LogP contribution in [0, 0.1) is 42.0 Å². The molecule has 0 unspecified atom stereocenters. The minimum absolute atomic E-state index is 0. The summed E-state index contributed by atoms with van der Waals surface area (Å²) in [6.07, 6.45) is 2.56. The number of alkyl halides is 1. The average molecular weight is 1300 g/mol. The minimum Gasteiger partial charge on any atom is -0.508 e. The third-order valence-electron chi connectivity index (χ3n) is 12.6. The van der Waals surface area contributed by atoms with Crippen LogP contribution in [-0.2, 0) is 42.9 Å². The van der Waals surface area contributed by atoms with Gasteiger partial charge in [0.05, 0.1) is 46.9 Å². The molecule has 0 aliphatic carbocycles. The number of morpholine rings is 3. The number of anilines is 5. The largest absolute Gasteiger partial charge is 0.508 e. The van der Waals surface area contributed by atoms with E-state index in [1.165, 1.54) is 46.9 Å². The van der Waals surface area contributed by atoms with Crippen LogP contribution in [0.25, 0.3) is 0 Å². The number of carbonyl (C=O) groups excluding carboxylic acids is 4. The first-order valence-electron chi connectivity index (χ1n) is 27.8. The normalized spacial score (nSPS) is 14.0. The second kappa shape index (κ2) is 38.3. The first-order chi connectivity index (χ1) is 43.9. The molecule has 26 nitrogen and oxygen atoms in total. The van der Waals surface area contributed by atoms with E-state index in [-0.39, 0.29) is 81.2 Å². The lowest BCUT2D eigenvalue weighted by Gasteiger charge is -2.27. The van der Waals surface area contributed by atoms with Gasteiger partial charge >= 0.3 is 17.1 Å². The molecule has 0 aromatic heterocycles. The Morgan fingerprint density at radius 1 is 0.554 bits per heavy atom. The van der Waals surface area contributed by atoms with Gasteiger partial charge in [-0.3, -0.25) is 49.5 Å².